The molecule has 2 nitrogen and oxygen atoms in total. The lowest BCUT2D eigenvalue weighted by atomic mass is 10.1. The van der Waals surface area contributed by atoms with Crippen LogP contribution in [0, 0.1) is 13.8 Å². The van der Waals surface area contributed by atoms with E-state index >= 15 is 0 Å². The zero-order chi connectivity index (χ0) is 13.8. The van der Waals surface area contributed by atoms with Crippen LogP contribution in [0.3, 0.4) is 0 Å². The van der Waals surface area contributed by atoms with E-state index in [1.54, 1.807) is 0 Å². The van der Waals surface area contributed by atoms with Crippen LogP contribution < -0.4 is 4.90 Å². The third-order valence-corrected chi connectivity index (χ3v) is 3.39. The van der Waals surface area contributed by atoms with Crippen LogP contribution in [0.2, 0.25) is 0 Å². The van der Waals surface area contributed by atoms with Crippen molar-refractivity contribution in [1.82, 2.24) is 0 Å². The molecule has 1 N–H and O–H groups in total. The van der Waals surface area contributed by atoms with Gasteiger partial charge in [0.25, 0.3) is 0 Å². The van der Waals surface area contributed by atoms with E-state index in [2.05, 4.69) is 56.1 Å². The highest BCUT2D eigenvalue weighted by atomic mass is 16.3. The minimum absolute atomic E-state index is 0.104. The molecule has 19 heavy (non-hydrogen) atoms. The van der Waals surface area contributed by atoms with Crippen LogP contribution in [0.5, 0.6) is 0 Å². The van der Waals surface area contributed by atoms with Crippen molar-refractivity contribution >= 4 is 5.69 Å². The Bertz CT molecular complexity index is 546. The number of hydrogen-bond acceptors (Lipinski definition) is 2. The Morgan fingerprint density at radius 3 is 2.16 bits per heavy atom. The Hall–Kier alpha value is -1.80. The fraction of sp³-hybridized carbons (Fsp3) is 0.294. The molecule has 0 aromatic heterocycles. The van der Waals surface area contributed by atoms with Gasteiger partial charge in [-0.1, -0.05) is 42.0 Å². The number of anilines is 1. The molecular formula is C17H21NO. The summed E-state index contributed by atoms with van der Waals surface area (Å²) in [6, 6.07) is 14.6. The van der Waals surface area contributed by atoms with Gasteiger partial charge in [0.1, 0.15) is 0 Å². The number of hydrogen-bond donors (Lipinski definition) is 1. The molecule has 0 fully saturated rings. The highest BCUT2D eigenvalue weighted by Crippen LogP contribution is 2.21. The Morgan fingerprint density at radius 1 is 0.947 bits per heavy atom. The van der Waals surface area contributed by atoms with Crippen LogP contribution in [-0.4, -0.2) is 12.2 Å². The lowest BCUT2D eigenvalue weighted by molar-refractivity contribution is 0.282. The number of benzene rings is 2. The van der Waals surface area contributed by atoms with Gasteiger partial charge in [0, 0.05) is 19.3 Å². The molecule has 2 aromatic rings. The van der Waals surface area contributed by atoms with Gasteiger partial charge in [-0.25, -0.2) is 0 Å². The molecule has 0 spiro atoms. The first-order valence-corrected chi connectivity index (χ1v) is 6.57. The number of nitrogens with zero attached hydrogens (tertiary/aromatic N) is 1. The molecule has 2 rings (SSSR count). The van der Waals surface area contributed by atoms with Crippen molar-refractivity contribution in [2.45, 2.75) is 27.0 Å². The Balaban J connectivity index is 2.13. The molecule has 0 saturated carbocycles. The van der Waals surface area contributed by atoms with Gasteiger partial charge in [-0.3, -0.25) is 0 Å². The summed E-state index contributed by atoms with van der Waals surface area (Å²) in [6.07, 6.45) is 0. The predicted octanol–water partition coefficient (Wildman–Crippen LogP) is 3.43. The third-order valence-electron chi connectivity index (χ3n) is 3.39. The molecule has 0 atom stereocenters. The quantitative estimate of drug-likeness (QED) is 0.904. The van der Waals surface area contributed by atoms with Crippen molar-refractivity contribution in [3.63, 3.8) is 0 Å². The summed E-state index contributed by atoms with van der Waals surface area (Å²) < 4.78 is 0. The predicted molar refractivity (Wildman–Crippen MR) is 80.4 cm³/mol. The van der Waals surface area contributed by atoms with Crippen LogP contribution in [0.25, 0.3) is 0 Å². The fourth-order valence-electron chi connectivity index (χ4n) is 2.34. The lowest BCUT2D eigenvalue weighted by Crippen LogP contribution is -2.17. The standard InChI is InChI=1S/C17H21NO/c1-13-4-9-17(14(2)10-13)18(3)11-15-5-7-16(12-19)8-6-15/h4-10,19H,11-12H2,1-3H3. The van der Waals surface area contributed by atoms with E-state index < -0.39 is 0 Å². The van der Waals surface area contributed by atoms with E-state index in [0.717, 1.165) is 12.1 Å². The normalized spacial score (nSPS) is 10.5. The van der Waals surface area contributed by atoms with Crippen LogP contribution in [0.4, 0.5) is 5.69 Å². The van der Waals surface area contributed by atoms with Crippen LogP contribution >= 0.6 is 0 Å². The maximum atomic E-state index is 9.04. The van der Waals surface area contributed by atoms with Crippen LogP contribution in [0.15, 0.2) is 42.5 Å². The molecule has 0 aliphatic rings. The number of aliphatic hydroxyl groups is 1. The zero-order valence-electron chi connectivity index (χ0n) is 11.9. The van der Waals surface area contributed by atoms with Crippen molar-refractivity contribution in [1.29, 1.82) is 0 Å². The minimum Gasteiger partial charge on any atom is -0.392 e. The SMILES string of the molecule is Cc1ccc(N(C)Cc2ccc(CO)cc2)c(C)c1. The summed E-state index contributed by atoms with van der Waals surface area (Å²) in [6.45, 7) is 5.24. The highest BCUT2D eigenvalue weighted by Gasteiger charge is 2.05. The fourth-order valence-corrected chi connectivity index (χ4v) is 2.34. The van der Waals surface area contributed by atoms with Gasteiger partial charge in [0.05, 0.1) is 6.61 Å². The zero-order valence-corrected chi connectivity index (χ0v) is 11.9. The Kier molecular flexibility index (Phi) is 4.23. The van der Waals surface area contributed by atoms with E-state index in [9.17, 15) is 0 Å². The molecule has 0 aliphatic heterocycles. The molecule has 0 amide bonds. The van der Waals surface area contributed by atoms with Gasteiger partial charge in [-0.15, -0.1) is 0 Å². The van der Waals surface area contributed by atoms with Crippen molar-refractivity contribution in [2.75, 3.05) is 11.9 Å². The average Bonchev–Trinajstić information content (AvgIpc) is 2.39. The van der Waals surface area contributed by atoms with E-state index in [4.69, 9.17) is 5.11 Å². The smallest absolute Gasteiger partial charge is 0.0681 e. The monoisotopic (exact) mass is 255 g/mol. The number of aryl methyl sites for hydroxylation is 2. The van der Waals surface area contributed by atoms with Crippen LogP contribution in [0.1, 0.15) is 22.3 Å². The first kappa shape index (κ1) is 13.6. The number of rotatable bonds is 4. The molecule has 0 aliphatic carbocycles. The second-order valence-electron chi connectivity index (χ2n) is 5.12. The van der Waals surface area contributed by atoms with E-state index in [1.165, 1.54) is 22.4 Å². The highest BCUT2D eigenvalue weighted by molar-refractivity contribution is 5.54. The van der Waals surface area contributed by atoms with E-state index in [1.807, 2.05) is 12.1 Å². The van der Waals surface area contributed by atoms with Crippen molar-refractivity contribution in [3.05, 3.63) is 64.7 Å². The van der Waals surface area contributed by atoms with Crippen molar-refractivity contribution < 1.29 is 5.11 Å². The molecule has 0 heterocycles. The molecule has 2 heteroatoms. The second-order valence-corrected chi connectivity index (χ2v) is 5.12. The van der Waals surface area contributed by atoms with Crippen molar-refractivity contribution in [2.24, 2.45) is 0 Å². The van der Waals surface area contributed by atoms with Gasteiger partial charge in [-0.2, -0.15) is 0 Å². The summed E-state index contributed by atoms with van der Waals surface area (Å²) in [7, 11) is 2.11. The Morgan fingerprint density at radius 2 is 1.58 bits per heavy atom. The lowest BCUT2D eigenvalue weighted by Gasteiger charge is -2.22. The van der Waals surface area contributed by atoms with Crippen LogP contribution in [-0.2, 0) is 13.2 Å². The van der Waals surface area contributed by atoms with Gasteiger partial charge < -0.3 is 10.0 Å². The summed E-state index contributed by atoms with van der Waals surface area (Å²) in [4.78, 5) is 2.25. The van der Waals surface area contributed by atoms with Crippen molar-refractivity contribution in [3.8, 4) is 0 Å². The topological polar surface area (TPSA) is 23.5 Å². The van der Waals surface area contributed by atoms with E-state index in [-0.39, 0.29) is 6.61 Å². The minimum atomic E-state index is 0.104. The first-order valence-electron chi connectivity index (χ1n) is 6.57. The molecule has 0 radical (unpaired) electrons. The summed E-state index contributed by atoms with van der Waals surface area (Å²) in [5, 5.41) is 9.04. The van der Waals surface area contributed by atoms with E-state index in [0.29, 0.717) is 0 Å². The first-order chi connectivity index (χ1) is 9.10. The van der Waals surface area contributed by atoms with Gasteiger partial charge in [0.2, 0.25) is 0 Å². The summed E-state index contributed by atoms with van der Waals surface area (Å²) in [5.41, 5.74) is 6.06. The summed E-state index contributed by atoms with van der Waals surface area (Å²) >= 11 is 0. The largest absolute Gasteiger partial charge is 0.392 e. The molecule has 2 aromatic carbocycles. The average molecular weight is 255 g/mol. The Labute approximate surface area is 115 Å². The molecule has 0 unspecified atom stereocenters. The molecule has 0 saturated heterocycles. The molecular weight excluding hydrogens is 234 g/mol. The molecule has 0 bridgehead atoms. The maximum absolute atomic E-state index is 9.04. The van der Waals surface area contributed by atoms with Gasteiger partial charge in [-0.05, 0) is 36.6 Å². The number of aliphatic hydroxyl groups excluding tert-OH is 1. The van der Waals surface area contributed by atoms with Gasteiger partial charge in [0.15, 0.2) is 0 Å². The second kappa shape index (κ2) is 5.89. The summed E-state index contributed by atoms with van der Waals surface area (Å²) in [5.74, 6) is 0. The third kappa shape index (κ3) is 3.36. The maximum Gasteiger partial charge on any atom is 0.0681 e. The molecule has 100 valence electrons. The van der Waals surface area contributed by atoms with Gasteiger partial charge >= 0.3 is 0 Å².